The largest absolute Gasteiger partial charge is 0.480 e. The van der Waals surface area contributed by atoms with Gasteiger partial charge in [-0.2, -0.15) is 0 Å². The smallest absolute Gasteiger partial charge is 0.327 e. The van der Waals surface area contributed by atoms with Gasteiger partial charge in [-0.3, -0.25) is 10.1 Å². The Kier molecular flexibility index (Phi) is 3.39. The molecule has 1 rings (SSSR count). The van der Waals surface area contributed by atoms with Gasteiger partial charge in [0.1, 0.15) is 5.01 Å². The van der Waals surface area contributed by atoms with Gasteiger partial charge < -0.3 is 5.11 Å². The average molecular weight is 200 g/mol. The number of hydrogen-bond acceptors (Lipinski definition) is 4. The third-order valence-corrected chi connectivity index (χ3v) is 2.29. The number of thiazole rings is 1. The Morgan fingerprint density at radius 2 is 2.38 bits per heavy atom. The van der Waals surface area contributed by atoms with Gasteiger partial charge in [0.2, 0.25) is 0 Å². The van der Waals surface area contributed by atoms with Crippen molar-refractivity contribution in [2.75, 3.05) is 0 Å². The standard InChI is InChI=1S/C8H12N2O2S/c1-5(2)10-6(8(11)12)7-9-3-4-13-7/h3-6,10H,1-2H3,(H,11,12). The summed E-state index contributed by atoms with van der Waals surface area (Å²) in [6.45, 7) is 3.81. The van der Waals surface area contributed by atoms with Gasteiger partial charge in [0.15, 0.2) is 6.04 Å². The number of aliphatic carboxylic acids is 1. The summed E-state index contributed by atoms with van der Waals surface area (Å²) in [5, 5.41) is 14.2. The number of hydrogen-bond donors (Lipinski definition) is 2. The van der Waals surface area contributed by atoms with Gasteiger partial charge >= 0.3 is 5.97 Å². The van der Waals surface area contributed by atoms with Crippen LogP contribution in [-0.4, -0.2) is 22.1 Å². The van der Waals surface area contributed by atoms with Gasteiger partial charge in [-0.25, -0.2) is 4.98 Å². The molecule has 72 valence electrons. The van der Waals surface area contributed by atoms with Crippen LogP contribution in [0.4, 0.5) is 0 Å². The van der Waals surface area contributed by atoms with Gasteiger partial charge in [-0.05, 0) is 13.8 Å². The first-order chi connectivity index (χ1) is 6.11. The normalized spacial score (nSPS) is 13.2. The van der Waals surface area contributed by atoms with E-state index in [9.17, 15) is 4.79 Å². The minimum absolute atomic E-state index is 0.130. The first-order valence-corrected chi connectivity index (χ1v) is 4.87. The van der Waals surface area contributed by atoms with Crippen LogP contribution in [0.25, 0.3) is 0 Å². The Balaban J connectivity index is 2.75. The van der Waals surface area contributed by atoms with E-state index in [0.29, 0.717) is 5.01 Å². The Labute approximate surface area is 80.6 Å². The molecular weight excluding hydrogens is 188 g/mol. The molecule has 0 aliphatic carbocycles. The van der Waals surface area contributed by atoms with Crippen LogP contribution < -0.4 is 5.32 Å². The molecule has 1 unspecified atom stereocenters. The average Bonchev–Trinajstić information content (AvgIpc) is 2.50. The number of carboxylic acids is 1. The fourth-order valence-electron chi connectivity index (χ4n) is 0.959. The molecule has 13 heavy (non-hydrogen) atoms. The molecule has 1 aromatic rings. The molecule has 2 N–H and O–H groups in total. The predicted molar refractivity (Wildman–Crippen MR) is 50.8 cm³/mol. The maximum atomic E-state index is 10.8. The lowest BCUT2D eigenvalue weighted by Gasteiger charge is -2.14. The van der Waals surface area contributed by atoms with E-state index in [1.807, 2.05) is 13.8 Å². The van der Waals surface area contributed by atoms with Crippen molar-refractivity contribution in [1.82, 2.24) is 10.3 Å². The highest BCUT2D eigenvalue weighted by Gasteiger charge is 2.22. The highest BCUT2D eigenvalue weighted by molar-refractivity contribution is 7.09. The van der Waals surface area contributed by atoms with Gasteiger partial charge in [-0.15, -0.1) is 11.3 Å². The molecule has 5 heteroatoms. The number of carboxylic acid groups (broad SMARTS) is 1. The maximum absolute atomic E-state index is 10.8. The maximum Gasteiger partial charge on any atom is 0.327 e. The predicted octanol–water partition coefficient (Wildman–Crippen LogP) is 1.27. The van der Waals surface area contributed by atoms with Crippen molar-refractivity contribution in [2.24, 2.45) is 0 Å². The topological polar surface area (TPSA) is 62.2 Å². The highest BCUT2D eigenvalue weighted by atomic mass is 32.1. The molecule has 0 saturated heterocycles. The Bertz CT molecular complexity index is 272. The van der Waals surface area contributed by atoms with Gasteiger partial charge in [-0.1, -0.05) is 0 Å². The molecule has 0 aliphatic rings. The van der Waals surface area contributed by atoms with E-state index in [2.05, 4.69) is 10.3 Å². The lowest BCUT2D eigenvalue weighted by atomic mass is 10.2. The second-order valence-electron chi connectivity index (χ2n) is 2.96. The van der Waals surface area contributed by atoms with E-state index in [-0.39, 0.29) is 6.04 Å². The lowest BCUT2D eigenvalue weighted by molar-refractivity contribution is -0.139. The summed E-state index contributed by atoms with van der Waals surface area (Å²) in [5.41, 5.74) is 0. The molecule has 0 aromatic carbocycles. The van der Waals surface area contributed by atoms with Crippen molar-refractivity contribution >= 4 is 17.3 Å². The Hall–Kier alpha value is -0.940. The van der Waals surface area contributed by atoms with Gasteiger partial charge in [0, 0.05) is 17.6 Å². The molecule has 0 spiro atoms. The molecule has 0 bridgehead atoms. The molecule has 0 amide bonds. The summed E-state index contributed by atoms with van der Waals surface area (Å²) in [4.78, 5) is 14.8. The lowest BCUT2D eigenvalue weighted by Crippen LogP contribution is -2.33. The molecule has 0 fully saturated rings. The fraction of sp³-hybridized carbons (Fsp3) is 0.500. The third kappa shape index (κ3) is 2.78. The van der Waals surface area contributed by atoms with E-state index < -0.39 is 12.0 Å². The summed E-state index contributed by atoms with van der Waals surface area (Å²) >= 11 is 1.35. The summed E-state index contributed by atoms with van der Waals surface area (Å²) in [6.07, 6.45) is 1.61. The van der Waals surface area contributed by atoms with Crippen molar-refractivity contribution in [3.8, 4) is 0 Å². The molecule has 0 aliphatic heterocycles. The van der Waals surface area contributed by atoms with Crippen molar-refractivity contribution in [2.45, 2.75) is 25.9 Å². The zero-order chi connectivity index (χ0) is 9.84. The van der Waals surface area contributed by atoms with Crippen molar-refractivity contribution in [1.29, 1.82) is 0 Å². The Morgan fingerprint density at radius 3 is 2.77 bits per heavy atom. The first-order valence-electron chi connectivity index (χ1n) is 3.99. The van der Waals surface area contributed by atoms with Crippen LogP contribution in [0, 0.1) is 0 Å². The van der Waals surface area contributed by atoms with Crippen LogP contribution in [0.1, 0.15) is 24.9 Å². The molecule has 0 radical (unpaired) electrons. The summed E-state index contributed by atoms with van der Waals surface area (Å²) in [5.74, 6) is -0.886. The summed E-state index contributed by atoms with van der Waals surface area (Å²) in [6, 6.07) is -0.551. The van der Waals surface area contributed by atoms with Crippen molar-refractivity contribution < 1.29 is 9.90 Å². The minimum atomic E-state index is -0.886. The zero-order valence-electron chi connectivity index (χ0n) is 7.52. The third-order valence-electron chi connectivity index (χ3n) is 1.45. The van der Waals surface area contributed by atoms with E-state index in [0.717, 1.165) is 0 Å². The monoisotopic (exact) mass is 200 g/mol. The number of rotatable bonds is 4. The number of carbonyl (C=O) groups is 1. The van der Waals surface area contributed by atoms with Gasteiger partial charge in [0.25, 0.3) is 0 Å². The van der Waals surface area contributed by atoms with E-state index >= 15 is 0 Å². The van der Waals surface area contributed by atoms with Crippen LogP contribution in [0.15, 0.2) is 11.6 Å². The quantitative estimate of drug-likeness (QED) is 0.768. The van der Waals surface area contributed by atoms with E-state index in [1.54, 1.807) is 11.6 Å². The SMILES string of the molecule is CC(C)NC(C(=O)O)c1nccs1. The number of aromatic nitrogens is 1. The molecule has 4 nitrogen and oxygen atoms in total. The molecule has 0 saturated carbocycles. The molecular formula is C8H12N2O2S. The molecule has 1 atom stereocenters. The van der Waals surface area contributed by atoms with Crippen LogP contribution in [0.5, 0.6) is 0 Å². The number of nitrogens with one attached hydrogen (secondary N) is 1. The van der Waals surface area contributed by atoms with Crippen LogP contribution in [-0.2, 0) is 4.79 Å². The van der Waals surface area contributed by atoms with E-state index in [1.165, 1.54) is 11.3 Å². The second kappa shape index (κ2) is 4.34. The van der Waals surface area contributed by atoms with Crippen molar-refractivity contribution in [3.05, 3.63) is 16.6 Å². The highest BCUT2D eigenvalue weighted by Crippen LogP contribution is 2.16. The second-order valence-corrected chi connectivity index (χ2v) is 3.89. The zero-order valence-corrected chi connectivity index (χ0v) is 8.34. The first kappa shape index (κ1) is 10.1. The molecule has 1 heterocycles. The van der Waals surface area contributed by atoms with Crippen molar-refractivity contribution in [3.63, 3.8) is 0 Å². The van der Waals surface area contributed by atoms with Crippen LogP contribution in [0.3, 0.4) is 0 Å². The van der Waals surface area contributed by atoms with Gasteiger partial charge in [0.05, 0.1) is 0 Å². The van der Waals surface area contributed by atoms with Crippen LogP contribution in [0.2, 0.25) is 0 Å². The molecule has 1 aromatic heterocycles. The Morgan fingerprint density at radius 1 is 1.69 bits per heavy atom. The fourth-order valence-corrected chi connectivity index (χ4v) is 1.65. The van der Waals surface area contributed by atoms with Crippen LogP contribution >= 0.6 is 11.3 Å². The minimum Gasteiger partial charge on any atom is -0.480 e. The summed E-state index contributed by atoms with van der Waals surface area (Å²) in [7, 11) is 0. The summed E-state index contributed by atoms with van der Waals surface area (Å²) < 4.78 is 0. The van der Waals surface area contributed by atoms with E-state index in [4.69, 9.17) is 5.11 Å². The number of nitrogens with zero attached hydrogens (tertiary/aromatic N) is 1.